The summed E-state index contributed by atoms with van der Waals surface area (Å²) in [6.07, 6.45) is 0. The Bertz CT molecular complexity index is 3760. The van der Waals surface area contributed by atoms with Crippen LogP contribution in [0.1, 0.15) is 0 Å². The van der Waals surface area contributed by atoms with E-state index in [9.17, 15) is 0 Å². The van der Waals surface area contributed by atoms with Gasteiger partial charge in [-0.3, -0.25) is 0 Å². The zero-order valence-corrected chi connectivity index (χ0v) is 38.0. The van der Waals surface area contributed by atoms with Crippen LogP contribution in [0, 0.1) is 46.5 Å². The highest BCUT2D eigenvalue weighted by atomic mass is 19.2. The van der Waals surface area contributed by atoms with Crippen molar-refractivity contribution in [3.8, 4) is 0 Å². The number of hydrogen-bond acceptors (Lipinski definition) is 4. The van der Waals surface area contributed by atoms with Crippen molar-refractivity contribution >= 4 is 114 Å². The van der Waals surface area contributed by atoms with Gasteiger partial charge in [0.2, 0.25) is 0 Å². The summed E-state index contributed by atoms with van der Waals surface area (Å²) in [5.74, 6) is -5.40. The minimum atomic E-state index is -0.923. The molecule has 0 aliphatic carbocycles. The molecular weight excluding hydrogens is 930 g/mol. The first kappa shape index (κ1) is 43.4. The minimum Gasteiger partial charge on any atom is -0.358 e. The zero-order valence-electron chi connectivity index (χ0n) is 38.0. The van der Waals surface area contributed by atoms with Crippen LogP contribution in [0.2, 0.25) is 0 Å². The molecule has 2 aliphatic rings. The molecule has 0 amide bonds. The summed E-state index contributed by atoms with van der Waals surface area (Å²) in [6.45, 7) is -1.85. The van der Waals surface area contributed by atoms with Crippen LogP contribution in [-0.4, -0.2) is 23.1 Å². The Hall–Kier alpha value is -8.65. The second-order valence-corrected chi connectivity index (χ2v) is 18.3. The smallest absolute Gasteiger partial charge is 0.358 e. The van der Waals surface area contributed by atoms with Gasteiger partial charge in [0.25, 0.3) is 0 Å². The highest BCUT2D eigenvalue weighted by molar-refractivity contribution is 6.85. The van der Waals surface area contributed by atoms with Crippen LogP contribution < -0.4 is 30.2 Å². The highest BCUT2D eigenvalue weighted by Crippen LogP contribution is 2.53. The summed E-state index contributed by atoms with van der Waals surface area (Å²) in [7, 11) is 3.66. The van der Waals surface area contributed by atoms with Crippen molar-refractivity contribution in [2.24, 2.45) is 14.1 Å². The average Bonchev–Trinajstić information content (AvgIpc) is 4.05. The molecule has 0 atom stereocenters. The van der Waals surface area contributed by atoms with Gasteiger partial charge >= 0.3 is 14.0 Å². The van der Waals surface area contributed by atoms with Crippen molar-refractivity contribution in [1.29, 1.82) is 0 Å². The topological polar surface area (TPSA) is 22.8 Å². The Morgan fingerprint density at radius 1 is 0.306 bits per heavy atom. The third kappa shape index (κ3) is 6.57. The first-order valence-corrected chi connectivity index (χ1v) is 22.9. The van der Waals surface area contributed by atoms with Crippen LogP contribution in [0.3, 0.4) is 0 Å². The van der Waals surface area contributed by atoms with E-state index >= 15 is 35.1 Å². The molecule has 2 aliphatic heterocycles. The molecule has 0 unspecified atom stereocenters. The third-order valence-corrected chi connectivity index (χ3v) is 14.0. The van der Waals surface area contributed by atoms with E-state index in [-0.39, 0.29) is 22.7 Å². The molecule has 0 radical (unpaired) electrons. The number of aromatic nitrogens is 2. The predicted molar refractivity (Wildman–Crippen MR) is 272 cm³/mol. The number of fused-ring (bicyclic) bond motifs is 9. The molecule has 0 bridgehead atoms. The summed E-state index contributed by atoms with van der Waals surface area (Å²) in [6, 6.07) is 43.3. The molecule has 72 heavy (non-hydrogen) atoms. The fourth-order valence-corrected chi connectivity index (χ4v) is 11.3. The lowest BCUT2D eigenvalue weighted by molar-refractivity contribution is 0.583. The van der Waals surface area contributed by atoms with Crippen LogP contribution in [0.4, 0.5) is 80.9 Å². The Morgan fingerprint density at radius 3 is 0.944 bits per heavy atom. The van der Waals surface area contributed by atoms with E-state index in [2.05, 4.69) is 0 Å². The number of para-hydroxylation sites is 2. The van der Waals surface area contributed by atoms with Crippen molar-refractivity contribution < 1.29 is 35.1 Å². The summed E-state index contributed by atoms with van der Waals surface area (Å²) in [5.41, 5.74) is 4.64. The zero-order chi connectivity index (χ0) is 49.4. The molecular formula is C56H34B2F8N6. The summed E-state index contributed by atoms with van der Waals surface area (Å²) >= 11 is 0. The van der Waals surface area contributed by atoms with Crippen LogP contribution >= 0.6 is 0 Å². The molecule has 9 aromatic carbocycles. The second kappa shape index (κ2) is 15.9. The highest BCUT2D eigenvalue weighted by Gasteiger charge is 2.49. The van der Waals surface area contributed by atoms with Crippen molar-refractivity contribution in [3.63, 3.8) is 0 Å². The van der Waals surface area contributed by atoms with Gasteiger partial charge < -0.3 is 28.4 Å². The van der Waals surface area contributed by atoms with Gasteiger partial charge in [0.05, 0.1) is 22.4 Å². The molecule has 350 valence electrons. The number of rotatable bonds is 6. The number of anilines is 8. The summed E-state index contributed by atoms with van der Waals surface area (Å²) in [4.78, 5) is 7.12. The van der Waals surface area contributed by atoms with Gasteiger partial charge in [-0.2, -0.15) is 0 Å². The average molecular weight is 965 g/mol. The maximum Gasteiger partial charge on any atom is 0.421 e. The van der Waals surface area contributed by atoms with E-state index in [1.165, 1.54) is 48.5 Å². The molecule has 6 nitrogen and oxygen atoms in total. The monoisotopic (exact) mass is 964 g/mol. The van der Waals surface area contributed by atoms with E-state index in [0.717, 1.165) is 67.6 Å². The van der Waals surface area contributed by atoms with Crippen molar-refractivity contribution in [1.82, 2.24) is 9.13 Å². The summed E-state index contributed by atoms with van der Waals surface area (Å²) < 4.78 is 126. The van der Waals surface area contributed by atoms with Gasteiger partial charge in [-0.05, 0) is 93.1 Å². The molecule has 0 saturated heterocycles. The van der Waals surface area contributed by atoms with Gasteiger partial charge in [-0.15, -0.1) is 0 Å². The molecule has 0 spiro atoms. The normalized spacial score (nSPS) is 13.5. The number of nitrogens with zero attached hydrogens (tertiary/aromatic N) is 6. The second-order valence-electron chi connectivity index (χ2n) is 18.3. The fourth-order valence-electron chi connectivity index (χ4n) is 11.3. The van der Waals surface area contributed by atoms with Gasteiger partial charge in [-0.25, -0.2) is 35.1 Å². The lowest BCUT2D eigenvalue weighted by atomic mass is 9.63. The van der Waals surface area contributed by atoms with Gasteiger partial charge in [-0.1, -0.05) is 84.9 Å². The standard InChI is InChI=1S/C56H34B2F8N6/c1-67-51-9-5-3-7-49(51)53-55(67)71(45-27-39(63)21-40(64)28-45)57(69(53)43-23-35(59)19-36(60)24-43)33-13-15-47-31(17-33)11-12-32-18-34(14-16-48(32)47)58-70(44-25-37(61)20-38(62)26-44)54-50-8-4-6-10-52(50)68(2)56(54)72(58)46-29-41(65)22-42(66)30-46/h3-30H,1-2H3. The van der Waals surface area contributed by atoms with E-state index in [4.69, 9.17) is 0 Å². The molecule has 0 N–H and O–H groups in total. The molecule has 0 fully saturated rings. The third-order valence-electron chi connectivity index (χ3n) is 14.0. The molecule has 4 heterocycles. The fraction of sp³-hybridized carbons (Fsp3) is 0.0357. The molecule has 16 heteroatoms. The van der Waals surface area contributed by atoms with E-state index in [0.29, 0.717) is 33.9 Å². The minimum absolute atomic E-state index is 0.169. The quantitative estimate of drug-likeness (QED) is 0.0941. The predicted octanol–water partition coefficient (Wildman–Crippen LogP) is 13.5. The molecule has 13 rings (SSSR count). The van der Waals surface area contributed by atoms with Crippen molar-refractivity contribution in [2.45, 2.75) is 0 Å². The van der Waals surface area contributed by atoms with Crippen LogP contribution in [0.15, 0.2) is 170 Å². The number of halogens is 8. The summed E-state index contributed by atoms with van der Waals surface area (Å²) in [5, 5.41) is 4.63. The maximum atomic E-state index is 15.3. The van der Waals surface area contributed by atoms with Crippen LogP contribution in [0.25, 0.3) is 43.4 Å². The Kier molecular flexibility index (Phi) is 9.60. The largest absolute Gasteiger partial charge is 0.421 e. The van der Waals surface area contributed by atoms with Crippen LogP contribution in [-0.2, 0) is 14.1 Å². The molecule has 11 aromatic rings. The number of hydrogen-bond donors (Lipinski definition) is 0. The first-order valence-electron chi connectivity index (χ1n) is 22.9. The van der Waals surface area contributed by atoms with Crippen molar-refractivity contribution in [2.75, 3.05) is 19.2 Å². The SMILES string of the molecule is Cn1c2c(c3ccccc31)N(c1cc(F)cc(F)c1)B(c1ccc3c(ccc4cc(B5N(c6cc(F)cc(F)c6)c6c(n(C)c7ccccc67)N5c5cc(F)cc(F)c5)ccc43)c1)N2c1cc(F)cc(F)c1. The Labute approximate surface area is 406 Å². The number of aryl methyl sites for hydroxylation is 2. The lowest BCUT2D eigenvalue weighted by Crippen LogP contribution is -2.53. The Balaban J connectivity index is 0.996. The van der Waals surface area contributed by atoms with Gasteiger partial charge in [0.15, 0.2) is 0 Å². The van der Waals surface area contributed by atoms with Gasteiger partial charge in [0.1, 0.15) is 58.2 Å². The lowest BCUT2D eigenvalue weighted by Gasteiger charge is -2.32. The van der Waals surface area contributed by atoms with Gasteiger partial charge in [0, 0.05) is 71.9 Å². The number of benzene rings is 9. The van der Waals surface area contributed by atoms with Crippen molar-refractivity contribution in [3.05, 3.63) is 216 Å². The first-order chi connectivity index (χ1) is 34.8. The molecule has 0 saturated carbocycles. The van der Waals surface area contributed by atoms with E-state index < -0.39 is 60.5 Å². The maximum absolute atomic E-state index is 15.3. The van der Waals surface area contributed by atoms with E-state index in [1.54, 1.807) is 19.2 Å². The van der Waals surface area contributed by atoms with Crippen LogP contribution in [0.5, 0.6) is 0 Å². The molecule has 2 aromatic heterocycles. The Morgan fingerprint density at radius 2 is 0.611 bits per heavy atom. The van der Waals surface area contributed by atoms with E-state index in [1.807, 2.05) is 120 Å².